The van der Waals surface area contributed by atoms with Crippen molar-refractivity contribution >= 4 is 33.3 Å². The monoisotopic (exact) mass is 492 g/mol. The first-order valence-electron chi connectivity index (χ1n) is 10.7. The smallest absolute Gasteiger partial charge is 0.431 e. The summed E-state index contributed by atoms with van der Waals surface area (Å²) in [4.78, 5) is 25.3. The molecule has 2 N–H and O–H groups in total. The lowest BCUT2D eigenvalue weighted by Crippen LogP contribution is -2.51. The second kappa shape index (κ2) is 10.7. The first-order chi connectivity index (χ1) is 16.7. The van der Waals surface area contributed by atoms with Crippen molar-refractivity contribution in [2.75, 3.05) is 23.1 Å². The van der Waals surface area contributed by atoms with E-state index in [1.807, 2.05) is 6.07 Å². The molecule has 35 heavy (non-hydrogen) atoms. The number of carbonyl (C=O) groups is 2. The number of carboxylic acid groups (broad SMARTS) is 1. The van der Waals surface area contributed by atoms with Crippen LogP contribution in [0, 0.1) is 11.3 Å². The van der Waals surface area contributed by atoms with Crippen LogP contribution >= 0.6 is 0 Å². The molecule has 3 aromatic rings. The molecule has 0 spiro atoms. The summed E-state index contributed by atoms with van der Waals surface area (Å²) in [5.41, 5.74) is 2.00. The SMILES string of the molecule is CCCN(C(=O)Nc1ccc(-c2ccccc2S(C)(=O)=O)cc1)N(C(=O)O)c1cccc(C#N)c1. The van der Waals surface area contributed by atoms with Crippen LogP contribution in [0.5, 0.6) is 0 Å². The van der Waals surface area contributed by atoms with Gasteiger partial charge in [0.2, 0.25) is 0 Å². The maximum atomic E-state index is 13.1. The zero-order valence-corrected chi connectivity index (χ0v) is 20.0. The number of amides is 3. The average molecular weight is 493 g/mol. The third kappa shape index (κ3) is 5.96. The van der Waals surface area contributed by atoms with Crippen LogP contribution in [0.3, 0.4) is 0 Å². The maximum Gasteiger partial charge on any atom is 0.431 e. The number of nitrogens with one attached hydrogen (secondary N) is 1. The van der Waals surface area contributed by atoms with Gasteiger partial charge in [-0.2, -0.15) is 10.3 Å². The van der Waals surface area contributed by atoms with Crippen LogP contribution < -0.4 is 10.3 Å². The zero-order chi connectivity index (χ0) is 25.6. The highest BCUT2D eigenvalue weighted by molar-refractivity contribution is 7.90. The number of urea groups is 1. The molecular formula is C25H24N4O5S. The summed E-state index contributed by atoms with van der Waals surface area (Å²) in [5, 5.41) is 23.5. The molecule has 0 aliphatic carbocycles. The van der Waals surface area contributed by atoms with Crippen LogP contribution in [-0.2, 0) is 9.84 Å². The van der Waals surface area contributed by atoms with Crippen LogP contribution in [0.15, 0.2) is 77.7 Å². The van der Waals surface area contributed by atoms with E-state index in [1.54, 1.807) is 55.5 Å². The Labute approximate surface area is 203 Å². The number of hydrogen-bond donors (Lipinski definition) is 2. The summed E-state index contributed by atoms with van der Waals surface area (Å²) in [7, 11) is -3.44. The Hall–Kier alpha value is -4.36. The molecule has 0 atom stereocenters. The van der Waals surface area contributed by atoms with Crippen molar-refractivity contribution in [1.82, 2.24) is 5.01 Å². The predicted octanol–water partition coefficient (Wildman–Crippen LogP) is 4.97. The second-order valence-corrected chi connectivity index (χ2v) is 9.64. The largest absolute Gasteiger partial charge is 0.463 e. The van der Waals surface area contributed by atoms with Crippen molar-refractivity contribution in [2.24, 2.45) is 0 Å². The molecule has 0 aromatic heterocycles. The van der Waals surface area contributed by atoms with Gasteiger partial charge in [0.25, 0.3) is 0 Å². The van der Waals surface area contributed by atoms with Gasteiger partial charge in [-0.3, -0.25) is 0 Å². The van der Waals surface area contributed by atoms with Crippen molar-refractivity contribution in [3.63, 3.8) is 0 Å². The molecule has 0 unspecified atom stereocenters. The van der Waals surface area contributed by atoms with Crippen molar-refractivity contribution in [3.8, 4) is 17.2 Å². The van der Waals surface area contributed by atoms with E-state index in [4.69, 9.17) is 5.26 Å². The Morgan fingerprint density at radius 3 is 2.31 bits per heavy atom. The number of sulfone groups is 1. The Bertz CT molecular complexity index is 1380. The van der Waals surface area contributed by atoms with Crippen LogP contribution in [-0.4, -0.2) is 43.5 Å². The Morgan fingerprint density at radius 2 is 1.71 bits per heavy atom. The summed E-state index contributed by atoms with van der Waals surface area (Å²) in [6, 6.07) is 20.4. The van der Waals surface area contributed by atoms with Gasteiger partial charge in [0.05, 0.1) is 22.2 Å². The molecule has 9 nitrogen and oxygen atoms in total. The summed E-state index contributed by atoms with van der Waals surface area (Å²) in [6.07, 6.45) is 0.246. The molecule has 0 saturated heterocycles. The highest BCUT2D eigenvalue weighted by Crippen LogP contribution is 2.28. The van der Waals surface area contributed by atoms with E-state index in [0.29, 0.717) is 23.2 Å². The van der Waals surface area contributed by atoms with Gasteiger partial charge in [0.1, 0.15) is 0 Å². The minimum absolute atomic E-state index is 0.106. The standard InChI is InChI=1S/C25H24N4O5S/c1-3-15-28(29(25(31)32)21-8-6-7-18(16-21)17-26)24(30)27-20-13-11-19(12-14-20)22-9-4-5-10-23(22)35(2,33)34/h4-14,16H,3,15H2,1-2H3,(H,27,30)(H,31,32). The van der Waals surface area contributed by atoms with Gasteiger partial charge in [-0.05, 0) is 48.4 Å². The number of hydrogen-bond acceptors (Lipinski definition) is 5. The maximum absolute atomic E-state index is 13.1. The Balaban J connectivity index is 1.88. The molecule has 0 heterocycles. The summed E-state index contributed by atoms with van der Waals surface area (Å²) in [5.74, 6) is 0. The van der Waals surface area contributed by atoms with E-state index in [1.165, 1.54) is 24.3 Å². The lowest BCUT2D eigenvalue weighted by Gasteiger charge is -2.32. The average Bonchev–Trinajstić information content (AvgIpc) is 2.83. The molecule has 0 bridgehead atoms. The fourth-order valence-corrected chi connectivity index (χ4v) is 4.43. The molecule has 3 rings (SSSR count). The third-order valence-corrected chi connectivity index (χ3v) is 6.20. The van der Waals surface area contributed by atoms with Crippen molar-refractivity contribution in [2.45, 2.75) is 18.2 Å². The number of carbonyl (C=O) groups excluding carboxylic acids is 1. The predicted molar refractivity (Wildman–Crippen MR) is 133 cm³/mol. The Kier molecular flexibility index (Phi) is 7.73. The highest BCUT2D eigenvalue weighted by Gasteiger charge is 2.27. The highest BCUT2D eigenvalue weighted by atomic mass is 32.2. The van der Waals surface area contributed by atoms with E-state index in [0.717, 1.165) is 16.3 Å². The van der Waals surface area contributed by atoms with Crippen LogP contribution in [0.2, 0.25) is 0 Å². The molecule has 3 amide bonds. The molecule has 180 valence electrons. The minimum Gasteiger partial charge on any atom is -0.463 e. The number of nitrogens with zero attached hydrogens (tertiary/aromatic N) is 3. The number of hydrazine groups is 1. The van der Waals surface area contributed by atoms with Gasteiger partial charge in [-0.25, -0.2) is 23.0 Å². The first kappa shape index (κ1) is 25.3. The van der Waals surface area contributed by atoms with Gasteiger partial charge in [-0.1, -0.05) is 43.3 Å². The summed E-state index contributed by atoms with van der Waals surface area (Å²) < 4.78 is 24.2. The molecular weight excluding hydrogens is 468 g/mol. The van der Waals surface area contributed by atoms with E-state index in [9.17, 15) is 23.1 Å². The number of nitriles is 1. The molecule has 0 saturated carbocycles. The molecule has 10 heteroatoms. The van der Waals surface area contributed by atoms with Gasteiger partial charge in [-0.15, -0.1) is 0 Å². The van der Waals surface area contributed by atoms with Gasteiger partial charge in [0, 0.05) is 24.1 Å². The normalized spacial score (nSPS) is 10.8. The van der Waals surface area contributed by atoms with Gasteiger partial charge < -0.3 is 10.4 Å². The van der Waals surface area contributed by atoms with Crippen LogP contribution in [0.1, 0.15) is 18.9 Å². The topological polar surface area (TPSA) is 131 Å². The molecule has 0 aliphatic heterocycles. The van der Waals surface area contributed by atoms with Gasteiger partial charge in [0.15, 0.2) is 9.84 Å². The van der Waals surface area contributed by atoms with Crippen molar-refractivity contribution in [1.29, 1.82) is 5.26 Å². The number of benzene rings is 3. The molecule has 0 fully saturated rings. The fraction of sp³-hybridized carbons (Fsp3) is 0.160. The van der Waals surface area contributed by atoms with Crippen molar-refractivity contribution in [3.05, 3.63) is 78.4 Å². The van der Waals surface area contributed by atoms with Crippen LogP contribution in [0.4, 0.5) is 21.0 Å². The number of anilines is 2. The summed E-state index contributed by atoms with van der Waals surface area (Å²) in [6.45, 7) is 1.91. The molecule has 0 aliphatic rings. The Morgan fingerprint density at radius 1 is 1.03 bits per heavy atom. The molecule has 0 radical (unpaired) electrons. The van der Waals surface area contributed by atoms with E-state index in [2.05, 4.69) is 5.32 Å². The quantitative estimate of drug-likeness (QED) is 0.467. The van der Waals surface area contributed by atoms with E-state index >= 15 is 0 Å². The van der Waals surface area contributed by atoms with E-state index in [-0.39, 0.29) is 22.7 Å². The number of rotatable bonds is 6. The third-order valence-electron chi connectivity index (χ3n) is 5.05. The lowest BCUT2D eigenvalue weighted by atomic mass is 10.1. The lowest BCUT2D eigenvalue weighted by molar-refractivity contribution is 0.170. The fourth-order valence-electron chi connectivity index (χ4n) is 3.51. The van der Waals surface area contributed by atoms with E-state index < -0.39 is 22.0 Å². The zero-order valence-electron chi connectivity index (χ0n) is 19.2. The van der Waals surface area contributed by atoms with Gasteiger partial charge >= 0.3 is 12.1 Å². The minimum atomic E-state index is -3.44. The van der Waals surface area contributed by atoms with Crippen LogP contribution in [0.25, 0.3) is 11.1 Å². The second-order valence-electron chi connectivity index (χ2n) is 7.66. The molecule has 3 aromatic carbocycles. The first-order valence-corrected chi connectivity index (χ1v) is 12.6. The van der Waals surface area contributed by atoms with Crippen molar-refractivity contribution < 1.29 is 23.1 Å². The summed E-state index contributed by atoms with van der Waals surface area (Å²) >= 11 is 0.